The van der Waals surface area contributed by atoms with Gasteiger partial charge in [-0.2, -0.15) is 0 Å². The van der Waals surface area contributed by atoms with E-state index in [0.29, 0.717) is 12.3 Å². The summed E-state index contributed by atoms with van der Waals surface area (Å²) in [6.07, 6.45) is 2.24. The van der Waals surface area contributed by atoms with E-state index in [-0.39, 0.29) is 11.9 Å². The molecule has 0 aromatic carbocycles. The van der Waals surface area contributed by atoms with Gasteiger partial charge in [-0.25, -0.2) is 0 Å². The second-order valence-corrected chi connectivity index (χ2v) is 6.19. The highest BCUT2D eigenvalue weighted by atomic mass is 16.5. The van der Waals surface area contributed by atoms with Crippen LogP contribution in [0.2, 0.25) is 0 Å². The van der Waals surface area contributed by atoms with Gasteiger partial charge in [0, 0.05) is 12.6 Å². The molecule has 1 saturated heterocycles. The van der Waals surface area contributed by atoms with Crippen LogP contribution >= 0.6 is 0 Å². The molecule has 0 spiro atoms. The van der Waals surface area contributed by atoms with Crippen molar-refractivity contribution in [2.45, 2.75) is 32.7 Å². The van der Waals surface area contributed by atoms with Crippen molar-refractivity contribution in [1.82, 2.24) is 15.4 Å². The fourth-order valence-electron chi connectivity index (χ4n) is 2.96. The lowest BCUT2D eigenvalue weighted by Gasteiger charge is -2.25. The quantitative estimate of drug-likeness (QED) is 0.801. The van der Waals surface area contributed by atoms with E-state index in [1.165, 1.54) is 0 Å². The number of hydrogen-bond acceptors (Lipinski definition) is 6. The van der Waals surface area contributed by atoms with E-state index < -0.39 is 11.8 Å². The first-order chi connectivity index (χ1) is 12.0. The number of rotatable bonds is 5. The van der Waals surface area contributed by atoms with Gasteiger partial charge in [0.05, 0.1) is 6.04 Å². The highest BCUT2D eigenvalue weighted by Crippen LogP contribution is 2.26. The number of carbonyl (C=O) groups excluding carboxylic acids is 2. The second kappa shape index (κ2) is 7.52. The molecule has 2 amide bonds. The van der Waals surface area contributed by atoms with Gasteiger partial charge >= 0.3 is 11.8 Å². The van der Waals surface area contributed by atoms with E-state index in [9.17, 15) is 9.59 Å². The van der Waals surface area contributed by atoms with Crippen LogP contribution in [0.1, 0.15) is 36.2 Å². The SMILES string of the molecule is Cc1cc(NC(=O)C(=O)NC[C@H](c2ccc(C)o2)N2CCCC2)no1. The Morgan fingerprint density at radius 1 is 1.20 bits per heavy atom. The molecule has 1 aliphatic rings. The Morgan fingerprint density at radius 2 is 1.96 bits per heavy atom. The number of likely N-dealkylation sites (tertiary alicyclic amines) is 1. The maximum Gasteiger partial charge on any atom is 0.314 e. The number of nitrogens with zero attached hydrogens (tertiary/aromatic N) is 2. The normalized spacial score (nSPS) is 15.9. The summed E-state index contributed by atoms with van der Waals surface area (Å²) < 4.78 is 10.6. The second-order valence-electron chi connectivity index (χ2n) is 6.19. The van der Waals surface area contributed by atoms with Gasteiger partial charge in [0.15, 0.2) is 5.82 Å². The molecule has 1 atom stereocenters. The predicted octanol–water partition coefficient (Wildman–Crippen LogP) is 1.78. The first kappa shape index (κ1) is 17.2. The standard InChI is InChI=1S/C17H22N4O4/c1-11-5-6-14(24-11)13(21-7-3-4-8-21)10-18-16(22)17(23)19-15-9-12(2)25-20-15/h5-6,9,13H,3-4,7-8,10H2,1-2H3,(H,18,22)(H,19,20,23)/t13-/m1/s1. The van der Waals surface area contributed by atoms with Crippen LogP contribution in [0, 0.1) is 13.8 Å². The first-order valence-electron chi connectivity index (χ1n) is 8.36. The zero-order valence-corrected chi connectivity index (χ0v) is 14.4. The van der Waals surface area contributed by atoms with Gasteiger partial charge in [-0.1, -0.05) is 5.16 Å². The topological polar surface area (TPSA) is 101 Å². The minimum Gasteiger partial charge on any atom is -0.465 e. The third-order valence-corrected chi connectivity index (χ3v) is 4.20. The van der Waals surface area contributed by atoms with Crippen LogP contribution in [0.4, 0.5) is 5.82 Å². The summed E-state index contributed by atoms with van der Waals surface area (Å²) in [7, 11) is 0. The molecule has 0 radical (unpaired) electrons. The molecule has 25 heavy (non-hydrogen) atoms. The summed E-state index contributed by atoms with van der Waals surface area (Å²) in [6, 6.07) is 5.29. The number of aromatic nitrogens is 1. The number of hydrogen-bond donors (Lipinski definition) is 2. The number of carbonyl (C=O) groups is 2. The van der Waals surface area contributed by atoms with Crippen molar-refractivity contribution in [2.24, 2.45) is 0 Å². The maximum absolute atomic E-state index is 12.1. The van der Waals surface area contributed by atoms with Crippen LogP contribution < -0.4 is 10.6 Å². The molecule has 8 heteroatoms. The predicted molar refractivity (Wildman–Crippen MR) is 89.9 cm³/mol. The summed E-state index contributed by atoms with van der Waals surface area (Å²) in [5.41, 5.74) is 0. The Hall–Kier alpha value is -2.61. The molecule has 2 aromatic rings. The van der Waals surface area contributed by atoms with Crippen molar-refractivity contribution in [2.75, 3.05) is 25.0 Å². The fraction of sp³-hybridized carbons (Fsp3) is 0.471. The Balaban J connectivity index is 1.60. The van der Waals surface area contributed by atoms with Gasteiger partial charge in [-0.05, 0) is 51.9 Å². The van der Waals surface area contributed by atoms with Crippen LogP contribution in [-0.4, -0.2) is 41.5 Å². The number of aryl methyl sites for hydroxylation is 2. The average Bonchev–Trinajstić information content (AvgIpc) is 3.31. The van der Waals surface area contributed by atoms with Crippen molar-refractivity contribution in [3.05, 3.63) is 35.5 Å². The van der Waals surface area contributed by atoms with E-state index >= 15 is 0 Å². The van der Waals surface area contributed by atoms with Gasteiger partial charge in [0.1, 0.15) is 17.3 Å². The van der Waals surface area contributed by atoms with Crippen LogP contribution in [-0.2, 0) is 9.59 Å². The summed E-state index contributed by atoms with van der Waals surface area (Å²) >= 11 is 0. The summed E-state index contributed by atoms with van der Waals surface area (Å²) in [4.78, 5) is 26.3. The van der Waals surface area contributed by atoms with E-state index in [1.54, 1.807) is 13.0 Å². The largest absolute Gasteiger partial charge is 0.465 e. The zero-order valence-electron chi connectivity index (χ0n) is 14.4. The summed E-state index contributed by atoms with van der Waals surface area (Å²) in [6.45, 7) is 5.79. The minimum absolute atomic E-state index is 0.0813. The Kier molecular flexibility index (Phi) is 5.18. The molecule has 3 heterocycles. The Morgan fingerprint density at radius 3 is 2.56 bits per heavy atom. The molecular formula is C17H22N4O4. The lowest BCUT2D eigenvalue weighted by molar-refractivity contribution is -0.136. The fourth-order valence-corrected chi connectivity index (χ4v) is 2.96. The molecule has 1 fully saturated rings. The van der Waals surface area contributed by atoms with E-state index in [2.05, 4.69) is 20.7 Å². The molecule has 134 valence electrons. The smallest absolute Gasteiger partial charge is 0.314 e. The number of anilines is 1. The van der Waals surface area contributed by atoms with Crippen LogP contribution in [0.25, 0.3) is 0 Å². The van der Waals surface area contributed by atoms with Crippen LogP contribution in [0.3, 0.4) is 0 Å². The van der Waals surface area contributed by atoms with Crippen molar-refractivity contribution in [3.63, 3.8) is 0 Å². The van der Waals surface area contributed by atoms with Gasteiger partial charge < -0.3 is 14.3 Å². The number of nitrogens with one attached hydrogen (secondary N) is 2. The van der Waals surface area contributed by atoms with Gasteiger partial charge in [-0.3, -0.25) is 19.8 Å². The van der Waals surface area contributed by atoms with Gasteiger partial charge in [0.2, 0.25) is 0 Å². The lowest BCUT2D eigenvalue weighted by Crippen LogP contribution is -2.41. The van der Waals surface area contributed by atoms with Crippen molar-refractivity contribution < 1.29 is 18.5 Å². The van der Waals surface area contributed by atoms with Crippen molar-refractivity contribution >= 4 is 17.6 Å². The zero-order chi connectivity index (χ0) is 17.8. The summed E-state index contributed by atoms with van der Waals surface area (Å²) in [5, 5.41) is 8.73. The molecule has 3 rings (SSSR count). The van der Waals surface area contributed by atoms with Crippen LogP contribution in [0.5, 0.6) is 0 Å². The molecule has 0 aliphatic carbocycles. The van der Waals surface area contributed by atoms with E-state index in [0.717, 1.165) is 37.5 Å². The molecular weight excluding hydrogens is 324 g/mol. The van der Waals surface area contributed by atoms with E-state index in [1.807, 2.05) is 19.1 Å². The minimum atomic E-state index is -0.774. The lowest BCUT2D eigenvalue weighted by atomic mass is 10.2. The third-order valence-electron chi connectivity index (χ3n) is 4.20. The number of furan rings is 1. The highest BCUT2D eigenvalue weighted by Gasteiger charge is 2.27. The van der Waals surface area contributed by atoms with E-state index in [4.69, 9.17) is 8.94 Å². The third kappa shape index (κ3) is 4.27. The molecule has 2 aromatic heterocycles. The molecule has 8 nitrogen and oxygen atoms in total. The van der Waals surface area contributed by atoms with Crippen LogP contribution in [0.15, 0.2) is 27.1 Å². The first-order valence-corrected chi connectivity index (χ1v) is 8.36. The molecule has 1 aliphatic heterocycles. The van der Waals surface area contributed by atoms with Crippen molar-refractivity contribution in [3.8, 4) is 0 Å². The van der Waals surface area contributed by atoms with Gasteiger partial charge in [-0.15, -0.1) is 0 Å². The monoisotopic (exact) mass is 346 g/mol. The number of amides is 2. The molecule has 0 unspecified atom stereocenters. The van der Waals surface area contributed by atoms with Gasteiger partial charge in [0.25, 0.3) is 0 Å². The molecule has 0 bridgehead atoms. The average molecular weight is 346 g/mol. The maximum atomic E-state index is 12.1. The molecule has 2 N–H and O–H groups in total. The molecule has 0 saturated carbocycles. The Bertz CT molecular complexity index is 745. The summed E-state index contributed by atoms with van der Waals surface area (Å²) in [5.74, 6) is 0.905. The highest BCUT2D eigenvalue weighted by molar-refractivity contribution is 6.39. The Labute approximate surface area is 145 Å². The van der Waals surface area contributed by atoms with Crippen molar-refractivity contribution in [1.29, 1.82) is 0 Å².